The van der Waals surface area contributed by atoms with Gasteiger partial charge in [0, 0.05) is 36.7 Å². The molecule has 3 unspecified atom stereocenters. The first kappa shape index (κ1) is 17.4. The zero-order chi connectivity index (χ0) is 19.3. The Hall–Kier alpha value is -2.71. The highest BCUT2D eigenvalue weighted by Gasteiger charge is 2.42. The SMILES string of the molecule is O=C(c1ccc2c(c1)OCO2)N1CCC2NNC(c3cc(F)cc(F)c3)C2C1. The minimum atomic E-state index is -0.607. The highest BCUT2D eigenvalue weighted by atomic mass is 19.1. The summed E-state index contributed by atoms with van der Waals surface area (Å²) in [4.78, 5) is 14.8. The molecule has 8 heteroatoms. The van der Waals surface area contributed by atoms with Gasteiger partial charge in [-0.3, -0.25) is 10.2 Å². The molecule has 0 saturated carbocycles. The molecule has 0 radical (unpaired) electrons. The Labute approximate surface area is 160 Å². The lowest BCUT2D eigenvalue weighted by Gasteiger charge is -2.36. The minimum absolute atomic E-state index is 0.00732. The highest BCUT2D eigenvalue weighted by Crippen LogP contribution is 2.36. The number of hydrogen-bond acceptors (Lipinski definition) is 5. The third kappa shape index (κ3) is 2.98. The molecule has 2 aromatic rings. The van der Waals surface area contributed by atoms with Crippen LogP contribution in [0.15, 0.2) is 36.4 Å². The second kappa shape index (κ2) is 6.72. The molecule has 1 amide bonds. The molecule has 0 aromatic heterocycles. The number of hydrogen-bond donors (Lipinski definition) is 2. The van der Waals surface area contributed by atoms with E-state index < -0.39 is 11.6 Å². The molecule has 146 valence electrons. The molecule has 3 aliphatic heterocycles. The van der Waals surface area contributed by atoms with E-state index in [1.807, 2.05) is 0 Å². The van der Waals surface area contributed by atoms with Crippen molar-refractivity contribution >= 4 is 5.91 Å². The predicted molar refractivity (Wildman–Crippen MR) is 95.7 cm³/mol. The molecule has 2 saturated heterocycles. The van der Waals surface area contributed by atoms with E-state index in [0.717, 1.165) is 12.5 Å². The van der Waals surface area contributed by atoms with Gasteiger partial charge in [0.15, 0.2) is 11.5 Å². The lowest BCUT2D eigenvalue weighted by molar-refractivity contribution is 0.0652. The van der Waals surface area contributed by atoms with Gasteiger partial charge in [-0.05, 0) is 42.3 Å². The van der Waals surface area contributed by atoms with Gasteiger partial charge in [0.2, 0.25) is 6.79 Å². The Morgan fingerprint density at radius 1 is 1.04 bits per heavy atom. The molecular weight excluding hydrogens is 368 g/mol. The minimum Gasteiger partial charge on any atom is -0.454 e. The van der Waals surface area contributed by atoms with Crippen LogP contribution in [-0.4, -0.2) is 36.7 Å². The van der Waals surface area contributed by atoms with Gasteiger partial charge in [-0.15, -0.1) is 0 Å². The number of nitrogens with one attached hydrogen (secondary N) is 2. The van der Waals surface area contributed by atoms with Crippen LogP contribution in [0.1, 0.15) is 28.4 Å². The molecule has 3 atom stereocenters. The fraction of sp³-hybridized carbons (Fsp3) is 0.350. The van der Waals surface area contributed by atoms with Crippen molar-refractivity contribution in [2.75, 3.05) is 19.9 Å². The molecule has 2 aromatic carbocycles. The normalized spacial score (nSPS) is 25.6. The fourth-order valence-corrected chi connectivity index (χ4v) is 4.28. The molecule has 3 aliphatic rings. The smallest absolute Gasteiger partial charge is 0.254 e. The van der Waals surface area contributed by atoms with E-state index in [2.05, 4.69) is 10.9 Å². The van der Waals surface area contributed by atoms with Crippen molar-refractivity contribution < 1.29 is 23.0 Å². The van der Waals surface area contributed by atoms with Crippen LogP contribution in [0.25, 0.3) is 0 Å². The van der Waals surface area contributed by atoms with Gasteiger partial charge in [-0.2, -0.15) is 0 Å². The molecule has 0 aliphatic carbocycles. The molecular formula is C20H19F2N3O3. The third-order valence-corrected chi connectivity index (χ3v) is 5.66. The highest BCUT2D eigenvalue weighted by molar-refractivity contribution is 5.95. The second-order valence-electron chi connectivity index (χ2n) is 7.35. The Kier molecular flexibility index (Phi) is 4.17. The molecule has 3 heterocycles. The number of ether oxygens (including phenoxy) is 2. The van der Waals surface area contributed by atoms with Crippen molar-refractivity contribution in [1.29, 1.82) is 0 Å². The number of carbonyl (C=O) groups excluding carboxylic acids is 1. The number of benzene rings is 2. The first-order chi connectivity index (χ1) is 13.6. The van der Waals surface area contributed by atoms with Crippen LogP contribution in [0.5, 0.6) is 11.5 Å². The van der Waals surface area contributed by atoms with Crippen molar-refractivity contribution in [1.82, 2.24) is 15.8 Å². The van der Waals surface area contributed by atoms with E-state index in [1.165, 1.54) is 12.1 Å². The summed E-state index contributed by atoms with van der Waals surface area (Å²) in [6.07, 6.45) is 0.752. The number of fused-ring (bicyclic) bond motifs is 2. The van der Waals surface area contributed by atoms with E-state index in [1.54, 1.807) is 23.1 Å². The number of rotatable bonds is 2. The van der Waals surface area contributed by atoms with Gasteiger partial charge in [0.1, 0.15) is 11.6 Å². The second-order valence-corrected chi connectivity index (χ2v) is 7.35. The van der Waals surface area contributed by atoms with E-state index in [0.29, 0.717) is 35.7 Å². The van der Waals surface area contributed by atoms with Gasteiger partial charge < -0.3 is 14.4 Å². The number of carbonyl (C=O) groups is 1. The van der Waals surface area contributed by atoms with E-state index in [-0.39, 0.29) is 30.7 Å². The molecule has 2 N–H and O–H groups in total. The zero-order valence-electron chi connectivity index (χ0n) is 15.0. The summed E-state index contributed by atoms with van der Waals surface area (Å²) in [6.45, 7) is 1.25. The number of hydrazine groups is 1. The molecule has 0 bridgehead atoms. The molecule has 0 spiro atoms. The summed E-state index contributed by atoms with van der Waals surface area (Å²) < 4.78 is 38.0. The Bertz CT molecular complexity index is 919. The van der Waals surface area contributed by atoms with Crippen LogP contribution in [-0.2, 0) is 0 Å². The Morgan fingerprint density at radius 3 is 2.64 bits per heavy atom. The fourth-order valence-electron chi connectivity index (χ4n) is 4.28. The maximum atomic E-state index is 13.7. The lowest BCUT2D eigenvalue weighted by Crippen LogP contribution is -2.47. The number of piperidine rings is 1. The summed E-state index contributed by atoms with van der Waals surface area (Å²) in [5.74, 6) is -0.0971. The first-order valence-corrected chi connectivity index (χ1v) is 9.24. The van der Waals surface area contributed by atoms with Crippen molar-refractivity contribution in [3.8, 4) is 11.5 Å². The molecule has 6 nitrogen and oxygen atoms in total. The van der Waals surface area contributed by atoms with Crippen LogP contribution in [0, 0.1) is 17.6 Å². The van der Waals surface area contributed by atoms with Gasteiger partial charge in [0.25, 0.3) is 5.91 Å². The van der Waals surface area contributed by atoms with Crippen LogP contribution in [0.4, 0.5) is 8.78 Å². The number of nitrogens with zero attached hydrogens (tertiary/aromatic N) is 1. The van der Waals surface area contributed by atoms with Crippen molar-refractivity contribution in [2.45, 2.75) is 18.5 Å². The van der Waals surface area contributed by atoms with Crippen molar-refractivity contribution in [3.63, 3.8) is 0 Å². The summed E-state index contributed by atoms with van der Waals surface area (Å²) >= 11 is 0. The van der Waals surface area contributed by atoms with Crippen LogP contribution in [0.2, 0.25) is 0 Å². The molecule has 2 fully saturated rings. The quantitative estimate of drug-likeness (QED) is 0.829. The average Bonchev–Trinajstić information content (AvgIpc) is 3.32. The lowest BCUT2D eigenvalue weighted by atomic mass is 9.85. The average molecular weight is 387 g/mol. The van der Waals surface area contributed by atoms with Crippen molar-refractivity contribution in [2.24, 2.45) is 5.92 Å². The van der Waals surface area contributed by atoms with Gasteiger partial charge >= 0.3 is 0 Å². The standard InChI is InChI=1S/C20H19F2N3O3/c21-13-5-12(6-14(22)8-13)19-15-9-25(4-3-16(15)23-24-19)20(26)11-1-2-17-18(7-11)28-10-27-17/h1-2,5-8,15-16,19,23-24H,3-4,9-10H2. The number of amides is 1. The van der Waals surface area contributed by atoms with Gasteiger partial charge in [-0.25, -0.2) is 14.2 Å². The molecule has 28 heavy (non-hydrogen) atoms. The van der Waals surface area contributed by atoms with Crippen LogP contribution < -0.4 is 20.3 Å². The van der Waals surface area contributed by atoms with Crippen LogP contribution >= 0.6 is 0 Å². The van der Waals surface area contributed by atoms with Gasteiger partial charge in [-0.1, -0.05) is 0 Å². The largest absolute Gasteiger partial charge is 0.454 e. The van der Waals surface area contributed by atoms with Crippen LogP contribution in [0.3, 0.4) is 0 Å². The Balaban J connectivity index is 1.37. The number of likely N-dealkylation sites (tertiary alicyclic amines) is 1. The first-order valence-electron chi connectivity index (χ1n) is 9.24. The van der Waals surface area contributed by atoms with Gasteiger partial charge in [0.05, 0.1) is 6.04 Å². The topological polar surface area (TPSA) is 62.8 Å². The van der Waals surface area contributed by atoms with Crippen molar-refractivity contribution in [3.05, 3.63) is 59.2 Å². The van der Waals surface area contributed by atoms with E-state index >= 15 is 0 Å². The zero-order valence-corrected chi connectivity index (χ0v) is 15.0. The number of halogens is 2. The van der Waals surface area contributed by atoms with E-state index in [9.17, 15) is 13.6 Å². The maximum absolute atomic E-state index is 13.7. The maximum Gasteiger partial charge on any atom is 0.254 e. The summed E-state index contributed by atoms with van der Waals surface area (Å²) in [5, 5.41) is 0. The molecule has 5 rings (SSSR count). The Morgan fingerprint density at radius 2 is 1.82 bits per heavy atom. The van der Waals surface area contributed by atoms with E-state index in [4.69, 9.17) is 9.47 Å². The summed E-state index contributed by atoms with van der Waals surface area (Å²) in [5.41, 5.74) is 7.43. The monoisotopic (exact) mass is 387 g/mol. The summed E-state index contributed by atoms with van der Waals surface area (Å²) in [7, 11) is 0. The predicted octanol–water partition coefficient (Wildman–Crippen LogP) is 2.37. The third-order valence-electron chi connectivity index (χ3n) is 5.66. The summed E-state index contributed by atoms with van der Waals surface area (Å²) in [6, 6.07) is 8.55.